The molecule has 1 aromatic carbocycles. The van der Waals surface area contributed by atoms with Crippen molar-refractivity contribution in [1.29, 1.82) is 0 Å². The van der Waals surface area contributed by atoms with Gasteiger partial charge in [-0.2, -0.15) is 0 Å². The van der Waals surface area contributed by atoms with E-state index in [2.05, 4.69) is 9.71 Å². The summed E-state index contributed by atoms with van der Waals surface area (Å²) in [6, 6.07) is 6.14. The van der Waals surface area contributed by atoms with E-state index in [0.717, 1.165) is 12.3 Å². The third-order valence-corrected chi connectivity index (χ3v) is 4.09. The second kappa shape index (κ2) is 5.37. The molecule has 2 N–H and O–H groups in total. The molecule has 0 aliphatic carbocycles. The average molecular weight is 309 g/mol. The molecule has 0 saturated heterocycles. The van der Waals surface area contributed by atoms with Gasteiger partial charge in [-0.3, -0.25) is 19.6 Å². The van der Waals surface area contributed by atoms with Gasteiger partial charge in [0.15, 0.2) is 0 Å². The number of nitrogens with zero attached hydrogens (tertiary/aromatic N) is 1. The van der Waals surface area contributed by atoms with Gasteiger partial charge in [0.1, 0.15) is 4.90 Å². The first kappa shape index (κ1) is 14.7. The summed E-state index contributed by atoms with van der Waals surface area (Å²) in [5.41, 5.74) is 0.0214. The van der Waals surface area contributed by atoms with E-state index in [4.69, 9.17) is 0 Å². The lowest BCUT2D eigenvalue weighted by atomic mass is 10.2. The molecule has 0 amide bonds. The fourth-order valence-corrected chi connectivity index (χ4v) is 2.72. The highest BCUT2D eigenvalue weighted by molar-refractivity contribution is 7.92. The monoisotopic (exact) mass is 309 g/mol. The number of rotatable bonds is 4. The molecule has 0 aliphatic heterocycles. The molecule has 0 atom stereocenters. The lowest BCUT2D eigenvalue weighted by Gasteiger charge is -2.08. The summed E-state index contributed by atoms with van der Waals surface area (Å²) in [6.45, 7) is 1.51. The van der Waals surface area contributed by atoms with Crippen molar-refractivity contribution in [1.82, 2.24) is 4.98 Å². The van der Waals surface area contributed by atoms with Crippen molar-refractivity contribution in [3.8, 4) is 0 Å². The van der Waals surface area contributed by atoms with Gasteiger partial charge in [0.2, 0.25) is 5.56 Å². The molecule has 9 heteroatoms. The summed E-state index contributed by atoms with van der Waals surface area (Å²) < 4.78 is 26.4. The first-order chi connectivity index (χ1) is 9.79. The summed E-state index contributed by atoms with van der Waals surface area (Å²) >= 11 is 0. The Morgan fingerprint density at radius 3 is 2.48 bits per heavy atom. The number of hydrogen-bond acceptors (Lipinski definition) is 5. The number of aromatic amines is 1. The molecule has 0 fully saturated rings. The van der Waals surface area contributed by atoms with Gasteiger partial charge in [0, 0.05) is 29.6 Å². The molecule has 0 unspecified atom stereocenters. The molecule has 21 heavy (non-hydrogen) atoms. The molecular formula is C12H11N3O5S. The Morgan fingerprint density at radius 2 is 1.95 bits per heavy atom. The normalized spacial score (nSPS) is 11.1. The number of benzene rings is 1. The van der Waals surface area contributed by atoms with Crippen LogP contribution < -0.4 is 10.3 Å². The maximum Gasteiger partial charge on any atom is 0.272 e. The average Bonchev–Trinajstić information content (AvgIpc) is 2.38. The van der Waals surface area contributed by atoms with Crippen molar-refractivity contribution in [2.45, 2.75) is 11.8 Å². The molecular weight excluding hydrogens is 298 g/mol. The van der Waals surface area contributed by atoms with Gasteiger partial charge >= 0.3 is 0 Å². The van der Waals surface area contributed by atoms with Crippen LogP contribution in [-0.2, 0) is 10.0 Å². The van der Waals surface area contributed by atoms with Gasteiger partial charge in [-0.05, 0) is 25.1 Å². The van der Waals surface area contributed by atoms with Gasteiger partial charge in [0.05, 0.1) is 4.92 Å². The molecule has 110 valence electrons. The van der Waals surface area contributed by atoms with Crippen molar-refractivity contribution in [2.75, 3.05) is 4.72 Å². The van der Waals surface area contributed by atoms with Crippen molar-refractivity contribution in [2.24, 2.45) is 0 Å². The molecule has 2 aromatic rings. The molecule has 0 spiro atoms. The first-order valence-corrected chi connectivity index (χ1v) is 7.24. The lowest BCUT2D eigenvalue weighted by Crippen LogP contribution is -2.15. The Morgan fingerprint density at radius 1 is 1.24 bits per heavy atom. The zero-order valence-electron chi connectivity index (χ0n) is 10.9. The summed E-state index contributed by atoms with van der Waals surface area (Å²) in [5.74, 6) is 0. The fraction of sp³-hybridized carbons (Fsp3) is 0.0833. The zero-order chi connectivity index (χ0) is 15.6. The zero-order valence-corrected chi connectivity index (χ0v) is 11.7. The molecule has 1 heterocycles. The Labute approximate surface area is 119 Å². The largest absolute Gasteiger partial charge is 0.328 e. The summed E-state index contributed by atoms with van der Waals surface area (Å²) in [7, 11) is -3.87. The Bertz CT molecular complexity index is 837. The van der Waals surface area contributed by atoms with Crippen molar-refractivity contribution in [3.63, 3.8) is 0 Å². The summed E-state index contributed by atoms with van der Waals surface area (Å²) in [5, 5.41) is 10.7. The number of aryl methyl sites for hydroxylation is 1. The number of H-pyrrole nitrogens is 1. The van der Waals surface area contributed by atoms with Crippen molar-refractivity contribution in [3.05, 3.63) is 62.6 Å². The highest BCUT2D eigenvalue weighted by atomic mass is 32.2. The number of aromatic nitrogens is 1. The number of nitro groups is 1. The Balaban J connectivity index is 2.33. The van der Waals surface area contributed by atoms with Crippen LogP contribution in [0.1, 0.15) is 5.56 Å². The highest BCUT2D eigenvalue weighted by Crippen LogP contribution is 2.23. The van der Waals surface area contributed by atoms with Crippen LogP contribution in [0.3, 0.4) is 0 Å². The topological polar surface area (TPSA) is 122 Å². The standard InChI is InChI=1S/C12H11N3O5S/c1-8-6-9(2-4-11(8)15(17)18)14-21(19,20)10-3-5-12(16)13-7-10/h2-7,14H,1H3,(H,13,16). The molecule has 0 radical (unpaired) electrons. The highest BCUT2D eigenvalue weighted by Gasteiger charge is 2.16. The minimum absolute atomic E-state index is 0.0954. The number of nitrogens with one attached hydrogen (secondary N) is 2. The van der Waals surface area contributed by atoms with Crippen LogP contribution >= 0.6 is 0 Å². The van der Waals surface area contributed by atoms with Crippen LogP contribution in [0.2, 0.25) is 0 Å². The third-order valence-electron chi connectivity index (χ3n) is 2.71. The van der Waals surface area contributed by atoms with Crippen LogP contribution in [-0.4, -0.2) is 18.3 Å². The quantitative estimate of drug-likeness (QED) is 0.652. The number of pyridine rings is 1. The number of hydrogen-bond donors (Lipinski definition) is 2. The number of anilines is 1. The first-order valence-electron chi connectivity index (χ1n) is 5.76. The van der Waals surface area contributed by atoms with Gasteiger partial charge in [0.25, 0.3) is 15.7 Å². The van der Waals surface area contributed by atoms with E-state index in [9.17, 15) is 23.3 Å². The van der Waals surface area contributed by atoms with Crippen LogP contribution in [0.4, 0.5) is 11.4 Å². The van der Waals surface area contributed by atoms with E-state index in [1.807, 2.05) is 0 Å². The Hall–Kier alpha value is -2.68. The van der Waals surface area contributed by atoms with E-state index in [1.54, 1.807) is 0 Å². The maximum absolute atomic E-state index is 12.1. The molecule has 0 bridgehead atoms. The van der Waals surface area contributed by atoms with Gasteiger partial charge in [-0.1, -0.05) is 0 Å². The van der Waals surface area contributed by atoms with Crippen LogP contribution in [0, 0.1) is 17.0 Å². The van der Waals surface area contributed by atoms with E-state index in [1.165, 1.54) is 31.2 Å². The number of nitro benzene ring substituents is 1. The minimum atomic E-state index is -3.87. The second-order valence-electron chi connectivity index (χ2n) is 4.25. The van der Waals surface area contributed by atoms with E-state index in [-0.39, 0.29) is 16.3 Å². The van der Waals surface area contributed by atoms with E-state index >= 15 is 0 Å². The molecule has 1 aromatic heterocycles. The van der Waals surface area contributed by atoms with Gasteiger partial charge in [-0.25, -0.2) is 8.42 Å². The Kier molecular flexibility index (Phi) is 3.76. The summed E-state index contributed by atoms with van der Waals surface area (Å²) in [4.78, 5) is 23.2. The minimum Gasteiger partial charge on any atom is -0.328 e. The van der Waals surface area contributed by atoms with Crippen LogP contribution in [0.15, 0.2) is 46.2 Å². The van der Waals surface area contributed by atoms with Crippen LogP contribution in [0.25, 0.3) is 0 Å². The predicted octanol–water partition coefficient (Wildman–Crippen LogP) is 1.39. The summed E-state index contributed by atoms with van der Waals surface area (Å²) in [6.07, 6.45) is 1.07. The molecule has 0 saturated carbocycles. The third kappa shape index (κ3) is 3.26. The predicted molar refractivity (Wildman–Crippen MR) is 75.7 cm³/mol. The lowest BCUT2D eigenvalue weighted by molar-refractivity contribution is -0.385. The van der Waals surface area contributed by atoms with Crippen LogP contribution in [0.5, 0.6) is 0 Å². The van der Waals surface area contributed by atoms with Crippen molar-refractivity contribution < 1.29 is 13.3 Å². The SMILES string of the molecule is Cc1cc(NS(=O)(=O)c2ccc(=O)[nH]c2)ccc1[N+](=O)[O-]. The second-order valence-corrected chi connectivity index (χ2v) is 5.93. The van der Waals surface area contributed by atoms with Gasteiger partial charge < -0.3 is 4.98 Å². The number of sulfonamides is 1. The molecule has 8 nitrogen and oxygen atoms in total. The maximum atomic E-state index is 12.1. The smallest absolute Gasteiger partial charge is 0.272 e. The van der Waals surface area contributed by atoms with E-state index in [0.29, 0.717) is 5.56 Å². The molecule has 2 rings (SSSR count). The van der Waals surface area contributed by atoms with Gasteiger partial charge in [-0.15, -0.1) is 0 Å². The van der Waals surface area contributed by atoms with Crippen molar-refractivity contribution >= 4 is 21.4 Å². The fourth-order valence-electron chi connectivity index (χ4n) is 1.70. The van der Waals surface area contributed by atoms with E-state index < -0.39 is 20.5 Å². The molecule has 0 aliphatic rings.